The van der Waals surface area contributed by atoms with Gasteiger partial charge in [-0.3, -0.25) is 9.80 Å². The van der Waals surface area contributed by atoms with E-state index in [2.05, 4.69) is 0 Å². The second-order valence-electron chi connectivity index (χ2n) is 8.46. The van der Waals surface area contributed by atoms with Crippen molar-refractivity contribution >= 4 is 45.7 Å². The van der Waals surface area contributed by atoms with Crippen molar-refractivity contribution in [1.29, 1.82) is 0 Å². The van der Waals surface area contributed by atoms with Crippen molar-refractivity contribution in [3.8, 4) is 0 Å². The van der Waals surface area contributed by atoms with Crippen molar-refractivity contribution in [2.75, 3.05) is 25.6 Å². The zero-order valence-corrected chi connectivity index (χ0v) is 20.3. The summed E-state index contributed by atoms with van der Waals surface area (Å²) in [5.41, 5.74) is -1.53. The molecule has 0 aromatic rings. The smallest absolute Gasteiger partial charge is 0.410 e. The molecule has 2 N–H and O–H groups in total. The number of hydrogen-bond acceptors (Lipinski definition) is 8. The van der Waals surface area contributed by atoms with Gasteiger partial charge in [0.1, 0.15) is 23.3 Å². The Morgan fingerprint density at radius 2 is 1.00 bits per heavy atom. The Hall–Kier alpha value is -1.82. The molecule has 0 radical (unpaired) electrons. The van der Waals surface area contributed by atoms with Gasteiger partial charge in [0.2, 0.25) is 0 Å². The van der Waals surface area contributed by atoms with E-state index in [4.69, 9.17) is 9.47 Å². The van der Waals surface area contributed by atoms with Crippen molar-refractivity contribution < 1.29 is 38.9 Å². The number of aliphatic carboxylic acids is 2. The molecule has 174 valence electrons. The number of carbonyl (C=O) groups is 4. The molecule has 0 aromatic heterocycles. The van der Waals surface area contributed by atoms with Crippen LogP contribution in [0, 0.1) is 0 Å². The maximum Gasteiger partial charge on any atom is 0.410 e. The Morgan fingerprint density at radius 1 is 0.733 bits per heavy atom. The summed E-state index contributed by atoms with van der Waals surface area (Å²) in [4.78, 5) is 49.3. The van der Waals surface area contributed by atoms with Crippen LogP contribution < -0.4 is 0 Å². The van der Waals surface area contributed by atoms with Crippen LogP contribution in [0.15, 0.2) is 0 Å². The minimum absolute atomic E-state index is 0.00175. The Bertz CT molecular complexity index is 577. The van der Waals surface area contributed by atoms with Gasteiger partial charge in [-0.2, -0.15) is 0 Å². The van der Waals surface area contributed by atoms with Crippen LogP contribution in [-0.4, -0.2) is 93.0 Å². The van der Waals surface area contributed by atoms with E-state index in [-0.39, 0.29) is 11.5 Å². The minimum Gasteiger partial charge on any atom is -0.480 e. The Balaban J connectivity index is 4.87. The monoisotopic (exact) mass is 468 g/mol. The second-order valence-corrected chi connectivity index (χ2v) is 11.0. The van der Waals surface area contributed by atoms with Crippen molar-refractivity contribution in [2.24, 2.45) is 0 Å². The summed E-state index contributed by atoms with van der Waals surface area (Å²) in [6.07, 6.45) is -1.54. The zero-order valence-electron chi connectivity index (χ0n) is 18.6. The fourth-order valence-electron chi connectivity index (χ4n) is 1.84. The SMILES string of the molecule is CN(C(=O)OC(C)(C)C)C(CSSC[C@@H](C(=O)O)N(C)C(=O)OC(C)(C)C)C(=O)O. The number of amides is 2. The van der Waals surface area contributed by atoms with Crippen LogP contribution in [0.1, 0.15) is 41.5 Å². The quantitative estimate of drug-likeness (QED) is 0.384. The predicted octanol–water partition coefficient (Wildman–Crippen LogP) is 3.01. The number of nitrogens with zero attached hydrogens (tertiary/aromatic N) is 2. The van der Waals surface area contributed by atoms with Gasteiger partial charge in [0.25, 0.3) is 0 Å². The lowest BCUT2D eigenvalue weighted by Crippen LogP contribution is -2.46. The lowest BCUT2D eigenvalue weighted by molar-refractivity contribution is -0.142. The molecule has 0 heterocycles. The highest BCUT2D eigenvalue weighted by Crippen LogP contribution is 2.26. The first kappa shape index (κ1) is 28.2. The molecule has 0 spiro atoms. The fraction of sp³-hybridized carbons (Fsp3) is 0.778. The van der Waals surface area contributed by atoms with Crippen LogP contribution in [0.5, 0.6) is 0 Å². The van der Waals surface area contributed by atoms with E-state index in [0.29, 0.717) is 0 Å². The lowest BCUT2D eigenvalue weighted by Gasteiger charge is -2.29. The van der Waals surface area contributed by atoms with Gasteiger partial charge in [0.05, 0.1) is 0 Å². The minimum atomic E-state index is -1.21. The summed E-state index contributed by atoms with van der Waals surface area (Å²) >= 11 is 0. The van der Waals surface area contributed by atoms with E-state index in [0.717, 1.165) is 31.4 Å². The summed E-state index contributed by atoms with van der Waals surface area (Å²) < 4.78 is 10.4. The maximum absolute atomic E-state index is 12.1. The van der Waals surface area contributed by atoms with Gasteiger partial charge >= 0.3 is 24.1 Å². The third-order valence-electron chi connectivity index (χ3n) is 3.40. The van der Waals surface area contributed by atoms with Gasteiger partial charge in [0.15, 0.2) is 0 Å². The van der Waals surface area contributed by atoms with Crippen LogP contribution >= 0.6 is 21.6 Å². The molecule has 30 heavy (non-hydrogen) atoms. The van der Waals surface area contributed by atoms with E-state index < -0.39 is 47.4 Å². The standard InChI is InChI=1S/C18H32N2O8S2/c1-17(2,3)27-15(25)19(7)11(13(21)22)9-29-30-10-12(14(23)24)20(8)16(26)28-18(4,5)6/h11-12H,9-10H2,1-8H3,(H,21,22)(H,23,24)/t11-,12?/m0/s1. The van der Waals surface area contributed by atoms with Crippen molar-refractivity contribution in [1.82, 2.24) is 9.80 Å². The molecule has 1 unspecified atom stereocenters. The van der Waals surface area contributed by atoms with E-state index in [9.17, 15) is 29.4 Å². The van der Waals surface area contributed by atoms with Crippen LogP contribution in [0.2, 0.25) is 0 Å². The molecule has 10 nitrogen and oxygen atoms in total. The first-order chi connectivity index (χ1) is 13.5. The number of carboxylic acids is 2. The molecule has 0 fully saturated rings. The summed E-state index contributed by atoms with van der Waals surface area (Å²) in [7, 11) is 4.83. The Morgan fingerprint density at radius 3 is 1.20 bits per heavy atom. The third-order valence-corrected chi connectivity index (χ3v) is 5.79. The molecule has 2 atom stereocenters. The van der Waals surface area contributed by atoms with E-state index in [1.807, 2.05) is 0 Å². The number of hydrogen-bond donors (Lipinski definition) is 2. The summed E-state index contributed by atoms with van der Waals surface area (Å²) in [6.45, 7) is 10.0. The van der Waals surface area contributed by atoms with Crippen LogP contribution in [0.25, 0.3) is 0 Å². The third kappa shape index (κ3) is 10.8. The molecule has 0 aliphatic carbocycles. The topological polar surface area (TPSA) is 134 Å². The van der Waals surface area contributed by atoms with Crippen LogP contribution in [0.4, 0.5) is 9.59 Å². The van der Waals surface area contributed by atoms with Crippen molar-refractivity contribution in [2.45, 2.75) is 64.8 Å². The molecule has 0 saturated heterocycles. The normalized spacial score (nSPS) is 13.7. The van der Waals surface area contributed by atoms with E-state index in [1.54, 1.807) is 41.5 Å². The summed E-state index contributed by atoms with van der Waals surface area (Å²) in [5.74, 6) is -2.43. The Kier molecular flexibility index (Phi) is 10.8. The van der Waals surface area contributed by atoms with Gasteiger partial charge in [-0.05, 0) is 41.5 Å². The van der Waals surface area contributed by atoms with Gasteiger partial charge < -0.3 is 19.7 Å². The van der Waals surface area contributed by atoms with Gasteiger partial charge in [0, 0.05) is 25.6 Å². The highest BCUT2D eigenvalue weighted by molar-refractivity contribution is 8.76. The second kappa shape index (κ2) is 11.5. The van der Waals surface area contributed by atoms with Gasteiger partial charge in [-0.15, -0.1) is 0 Å². The van der Waals surface area contributed by atoms with Crippen LogP contribution in [-0.2, 0) is 19.1 Å². The number of rotatable bonds is 9. The molecular formula is C18H32N2O8S2. The average molecular weight is 469 g/mol. The number of ether oxygens (including phenoxy) is 2. The molecular weight excluding hydrogens is 436 g/mol. The molecule has 12 heteroatoms. The first-order valence-electron chi connectivity index (χ1n) is 9.08. The van der Waals surface area contributed by atoms with E-state index >= 15 is 0 Å². The number of carboxylic acid groups (broad SMARTS) is 2. The molecule has 0 rings (SSSR count). The fourth-order valence-corrected chi connectivity index (χ4v) is 4.38. The van der Waals surface area contributed by atoms with Crippen molar-refractivity contribution in [3.05, 3.63) is 0 Å². The predicted molar refractivity (Wildman–Crippen MR) is 116 cm³/mol. The average Bonchev–Trinajstić information content (AvgIpc) is 2.53. The number of carbonyl (C=O) groups excluding carboxylic acids is 2. The van der Waals surface area contributed by atoms with Crippen molar-refractivity contribution in [3.63, 3.8) is 0 Å². The molecule has 0 aliphatic heterocycles. The highest BCUT2D eigenvalue weighted by Gasteiger charge is 2.32. The van der Waals surface area contributed by atoms with Gasteiger partial charge in [-0.1, -0.05) is 21.6 Å². The molecule has 0 saturated carbocycles. The highest BCUT2D eigenvalue weighted by atomic mass is 33.1. The zero-order chi connectivity index (χ0) is 23.9. The molecule has 0 aliphatic rings. The maximum atomic E-state index is 12.1. The molecule has 0 bridgehead atoms. The first-order valence-corrected chi connectivity index (χ1v) is 11.6. The summed E-state index contributed by atoms with van der Waals surface area (Å²) in [6, 6.07) is -2.33. The van der Waals surface area contributed by atoms with Gasteiger partial charge in [-0.25, -0.2) is 19.2 Å². The molecule has 0 aromatic carbocycles. The lowest BCUT2D eigenvalue weighted by atomic mass is 10.2. The molecule has 2 amide bonds. The summed E-state index contributed by atoms with van der Waals surface area (Å²) in [5, 5.41) is 18.8. The number of likely N-dealkylation sites (N-methyl/N-ethyl adjacent to an activating group) is 2. The van der Waals surface area contributed by atoms with Crippen LogP contribution in [0.3, 0.4) is 0 Å². The Labute approximate surface area is 185 Å². The van der Waals surface area contributed by atoms with E-state index in [1.165, 1.54) is 14.1 Å². The largest absolute Gasteiger partial charge is 0.480 e.